The smallest absolute Gasteiger partial charge is 0.170 e. The maximum Gasteiger partial charge on any atom is 0.170 e. The van der Waals surface area contributed by atoms with Gasteiger partial charge in [-0.2, -0.15) is 0 Å². The summed E-state index contributed by atoms with van der Waals surface area (Å²) in [4.78, 5) is 2.43. The molecule has 1 saturated heterocycles. The molecule has 0 saturated carbocycles. The Labute approximate surface area is 131 Å². The highest BCUT2D eigenvalue weighted by atomic mass is 35.5. The number of anilines is 2. The Kier molecular flexibility index (Phi) is 5.92. The van der Waals surface area contributed by atoms with Gasteiger partial charge in [0.15, 0.2) is 5.11 Å². The minimum Gasteiger partial charge on any atom is -0.370 e. The number of rotatable bonds is 3. The maximum atomic E-state index is 6.13. The first-order valence-corrected chi connectivity index (χ1v) is 8.08. The van der Waals surface area contributed by atoms with Crippen LogP contribution in [0, 0.1) is 0 Å². The van der Waals surface area contributed by atoms with Gasteiger partial charge < -0.3 is 15.5 Å². The Hall–Kier alpha value is -1.00. The monoisotopic (exact) mass is 311 g/mol. The van der Waals surface area contributed by atoms with Gasteiger partial charge in [-0.25, -0.2) is 0 Å². The molecule has 20 heavy (non-hydrogen) atoms. The third kappa shape index (κ3) is 4.25. The van der Waals surface area contributed by atoms with E-state index in [4.69, 9.17) is 23.8 Å². The number of hydrogen-bond donors (Lipinski definition) is 2. The van der Waals surface area contributed by atoms with E-state index in [1.807, 2.05) is 19.1 Å². The summed E-state index contributed by atoms with van der Waals surface area (Å²) in [5.41, 5.74) is 2.18. The van der Waals surface area contributed by atoms with Gasteiger partial charge >= 0.3 is 0 Å². The molecule has 1 aliphatic heterocycles. The highest BCUT2D eigenvalue weighted by molar-refractivity contribution is 7.80. The second kappa shape index (κ2) is 7.70. The summed E-state index contributed by atoms with van der Waals surface area (Å²) in [7, 11) is 0. The molecule has 2 N–H and O–H groups in total. The van der Waals surface area contributed by atoms with E-state index in [0.717, 1.165) is 30.3 Å². The summed E-state index contributed by atoms with van der Waals surface area (Å²) < 4.78 is 0. The van der Waals surface area contributed by atoms with Gasteiger partial charge in [0.25, 0.3) is 0 Å². The van der Waals surface area contributed by atoms with Crippen molar-refractivity contribution < 1.29 is 0 Å². The van der Waals surface area contributed by atoms with Crippen molar-refractivity contribution in [3.05, 3.63) is 23.2 Å². The van der Waals surface area contributed by atoms with Gasteiger partial charge in [0, 0.05) is 24.7 Å². The molecule has 1 fully saturated rings. The van der Waals surface area contributed by atoms with Crippen LogP contribution in [0.3, 0.4) is 0 Å². The molecule has 1 aliphatic rings. The normalized spacial score (nSPS) is 15.6. The molecule has 3 nitrogen and oxygen atoms in total. The van der Waals surface area contributed by atoms with Gasteiger partial charge in [-0.1, -0.05) is 24.4 Å². The summed E-state index contributed by atoms with van der Waals surface area (Å²) in [5, 5.41) is 7.75. The fraction of sp³-hybridized carbons (Fsp3) is 0.533. The van der Waals surface area contributed by atoms with Crippen molar-refractivity contribution in [3.63, 3.8) is 0 Å². The zero-order chi connectivity index (χ0) is 14.4. The maximum absolute atomic E-state index is 6.13. The third-order valence-corrected chi connectivity index (χ3v) is 3.97. The largest absolute Gasteiger partial charge is 0.370 e. The summed E-state index contributed by atoms with van der Waals surface area (Å²) in [5.74, 6) is 0. The van der Waals surface area contributed by atoms with E-state index in [9.17, 15) is 0 Å². The lowest BCUT2D eigenvalue weighted by Gasteiger charge is -2.26. The molecular weight excluding hydrogens is 290 g/mol. The fourth-order valence-electron chi connectivity index (χ4n) is 2.52. The van der Waals surface area contributed by atoms with Gasteiger partial charge in [-0.05, 0) is 50.2 Å². The van der Waals surface area contributed by atoms with Crippen molar-refractivity contribution in [1.29, 1.82) is 0 Å². The van der Waals surface area contributed by atoms with Gasteiger partial charge in [-0.15, -0.1) is 0 Å². The van der Waals surface area contributed by atoms with Crippen molar-refractivity contribution in [2.75, 3.05) is 29.9 Å². The lowest BCUT2D eigenvalue weighted by atomic mass is 10.2. The molecule has 0 bridgehead atoms. The van der Waals surface area contributed by atoms with Crippen LogP contribution in [0.2, 0.25) is 5.02 Å². The zero-order valence-corrected chi connectivity index (χ0v) is 13.5. The van der Waals surface area contributed by atoms with Crippen LogP contribution in [0.4, 0.5) is 11.4 Å². The van der Waals surface area contributed by atoms with Crippen LogP contribution in [-0.4, -0.2) is 24.7 Å². The average Bonchev–Trinajstić information content (AvgIpc) is 2.68. The minimum atomic E-state index is 0.644. The first kappa shape index (κ1) is 15.4. The van der Waals surface area contributed by atoms with E-state index in [1.54, 1.807) is 0 Å². The minimum absolute atomic E-state index is 0.644. The summed E-state index contributed by atoms with van der Waals surface area (Å²) in [6.07, 6.45) is 5.14. The Balaban J connectivity index is 2.19. The number of benzene rings is 1. The van der Waals surface area contributed by atoms with Crippen LogP contribution >= 0.6 is 23.8 Å². The Morgan fingerprint density at radius 3 is 2.60 bits per heavy atom. The number of halogens is 1. The molecule has 0 atom stereocenters. The molecule has 0 unspecified atom stereocenters. The van der Waals surface area contributed by atoms with E-state index in [2.05, 4.69) is 21.6 Å². The molecule has 1 aromatic carbocycles. The second-order valence-electron chi connectivity index (χ2n) is 5.05. The molecule has 0 amide bonds. The summed E-state index contributed by atoms with van der Waals surface area (Å²) in [6, 6.07) is 5.99. The van der Waals surface area contributed by atoms with Crippen LogP contribution in [0.15, 0.2) is 18.2 Å². The Bertz CT molecular complexity index is 456. The summed E-state index contributed by atoms with van der Waals surface area (Å²) >= 11 is 11.4. The topological polar surface area (TPSA) is 27.3 Å². The Morgan fingerprint density at radius 2 is 1.95 bits per heavy atom. The number of nitrogens with one attached hydrogen (secondary N) is 2. The van der Waals surface area contributed by atoms with Crippen molar-refractivity contribution in [1.82, 2.24) is 5.32 Å². The molecule has 1 aromatic rings. The Morgan fingerprint density at radius 1 is 1.25 bits per heavy atom. The lowest BCUT2D eigenvalue weighted by molar-refractivity contribution is 0.726. The average molecular weight is 312 g/mol. The molecule has 0 aliphatic carbocycles. The lowest BCUT2D eigenvalue weighted by Crippen LogP contribution is -2.30. The molecule has 0 radical (unpaired) electrons. The van der Waals surface area contributed by atoms with Crippen molar-refractivity contribution in [3.8, 4) is 0 Å². The number of thiocarbonyl (C=S) groups is 1. The van der Waals surface area contributed by atoms with E-state index in [-0.39, 0.29) is 0 Å². The number of nitrogens with zero attached hydrogens (tertiary/aromatic N) is 1. The number of hydrogen-bond acceptors (Lipinski definition) is 2. The highest BCUT2D eigenvalue weighted by Crippen LogP contribution is 2.30. The quantitative estimate of drug-likeness (QED) is 0.824. The van der Waals surface area contributed by atoms with Crippen LogP contribution < -0.4 is 15.5 Å². The fourth-order valence-corrected chi connectivity index (χ4v) is 2.95. The first-order chi connectivity index (χ1) is 9.70. The predicted molar refractivity (Wildman–Crippen MR) is 92.0 cm³/mol. The van der Waals surface area contributed by atoms with Crippen LogP contribution in [0.5, 0.6) is 0 Å². The molecule has 110 valence electrons. The highest BCUT2D eigenvalue weighted by Gasteiger charge is 2.14. The molecule has 0 aromatic heterocycles. The first-order valence-electron chi connectivity index (χ1n) is 7.30. The van der Waals surface area contributed by atoms with E-state index >= 15 is 0 Å². The summed E-state index contributed by atoms with van der Waals surface area (Å²) in [6.45, 7) is 5.04. The van der Waals surface area contributed by atoms with Gasteiger partial charge in [0.2, 0.25) is 0 Å². The van der Waals surface area contributed by atoms with E-state index < -0.39 is 0 Å². The predicted octanol–water partition coefficient (Wildman–Crippen LogP) is 4.03. The third-order valence-electron chi connectivity index (χ3n) is 3.49. The molecular formula is C15H22ClN3S. The standard InChI is InChI=1S/C15H22ClN3S/c1-2-17-15(20)18-13-11-12(16)7-8-14(13)19-9-5-3-4-6-10-19/h7-8,11H,2-6,9-10H2,1H3,(H2,17,18,20). The van der Waals surface area contributed by atoms with Crippen molar-refractivity contribution in [2.24, 2.45) is 0 Å². The molecule has 0 spiro atoms. The van der Waals surface area contributed by atoms with E-state index in [1.165, 1.54) is 31.4 Å². The van der Waals surface area contributed by atoms with Crippen molar-refractivity contribution in [2.45, 2.75) is 32.6 Å². The van der Waals surface area contributed by atoms with E-state index in [0.29, 0.717) is 5.11 Å². The van der Waals surface area contributed by atoms with Crippen LogP contribution in [-0.2, 0) is 0 Å². The molecule has 1 heterocycles. The second-order valence-corrected chi connectivity index (χ2v) is 5.89. The zero-order valence-electron chi connectivity index (χ0n) is 11.9. The van der Waals surface area contributed by atoms with Gasteiger partial charge in [0.1, 0.15) is 0 Å². The SMILES string of the molecule is CCNC(=S)Nc1cc(Cl)ccc1N1CCCCCC1. The van der Waals surface area contributed by atoms with Gasteiger partial charge in [-0.3, -0.25) is 0 Å². The molecule has 2 rings (SSSR count). The van der Waals surface area contributed by atoms with Crippen molar-refractivity contribution >= 4 is 40.3 Å². The molecule has 5 heteroatoms. The van der Waals surface area contributed by atoms with Gasteiger partial charge in [0.05, 0.1) is 11.4 Å². The van der Waals surface area contributed by atoms with Crippen LogP contribution in [0.1, 0.15) is 32.6 Å². The van der Waals surface area contributed by atoms with Crippen LogP contribution in [0.25, 0.3) is 0 Å².